The molecule has 3 nitrogen and oxygen atoms in total. The van der Waals surface area contributed by atoms with Gasteiger partial charge in [0.2, 0.25) is 0 Å². The molecule has 0 amide bonds. The summed E-state index contributed by atoms with van der Waals surface area (Å²) < 4.78 is 4.60. The first-order valence-corrected chi connectivity index (χ1v) is 6.92. The molecule has 0 heterocycles. The summed E-state index contributed by atoms with van der Waals surface area (Å²) in [7, 11) is 1.41. The molecule has 0 spiro atoms. The van der Waals surface area contributed by atoms with E-state index in [-0.39, 0.29) is 12.0 Å². The largest absolute Gasteiger partial charge is 0.469 e. The van der Waals surface area contributed by atoms with Crippen molar-refractivity contribution in [3.05, 3.63) is 33.8 Å². The van der Waals surface area contributed by atoms with Gasteiger partial charge in [-0.1, -0.05) is 24.1 Å². The summed E-state index contributed by atoms with van der Waals surface area (Å²) in [4.78, 5) is 11.0. The average molecular weight is 284 g/mol. The zero-order valence-corrected chi connectivity index (χ0v) is 12.6. The lowest BCUT2D eigenvalue weighted by molar-refractivity contribution is -0.140. The summed E-state index contributed by atoms with van der Waals surface area (Å²) >= 11 is 6.23. The Hall–Kier alpha value is -1.06. The summed E-state index contributed by atoms with van der Waals surface area (Å²) in [6.45, 7) is 4.09. The van der Waals surface area contributed by atoms with E-state index in [2.05, 4.69) is 17.7 Å². The molecule has 0 saturated carbocycles. The highest BCUT2D eigenvalue weighted by molar-refractivity contribution is 6.31. The van der Waals surface area contributed by atoms with E-state index in [4.69, 9.17) is 17.3 Å². The van der Waals surface area contributed by atoms with Crippen LogP contribution in [0.15, 0.2) is 12.1 Å². The van der Waals surface area contributed by atoms with Crippen LogP contribution in [0, 0.1) is 13.8 Å². The Morgan fingerprint density at radius 1 is 1.32 bits per heavy atom. The molecule has 0 aliphatic rings. The van der Waals surface area contributed by atoms with Crippen LogP contribution in [0.25, 0.3) is 0 Å². The number of rotatable bonds is 6. The number of ether oxygens (including phenoxy) is 1. The van der Waals surface area contributed by atoms with Gasteiger partial charge >= 0.3 is 5.97 Å². The summed E-state index contributed by atoms with van der Waals surface area (Å²) in [5.41, 5.74) is 9.52. The summed E-state index contributed by atoms with van der Waals surface area (Å²) in [5.74, 6) is -0.169. The standard InChI is InChI=1S/C15H22ClNO2/c1-10-8-12(13(16)9-11(10)2)14(17)6-4-5-7-15(18)19-3/h8-9,14H,4-7,17H2,1-3H3. The molecular formula is C15H22ClNO2. The van der Waals surface area contributed by atoms with E-state index in [9.17, 15) is 4.79 Å². The number of unbranched alkanes of at least 4 members (excludes halogenated alkanes) is 1. The number of halogens is 1. The molecule has 0 fully saturated rings. The quantitative estimate of drug-likeness (QED) is 0.640. The van der Waals surface area contributed by atoms with E-state index in [1.165, 1.54) is 18.2 Å². The van der Waals surface area contributed by atoms with Gasteiger partial charge in [0.05, 0.1) is 7.11 Å². The summed E-state index contributed by atoms with van der Waals surface area (Å²) in [5, 5.41) is 0.726. The number of benzene rings is 1. The second-order valence-corrected chi connectivity index (χ2v) is 5.29. The maximum absolute atomic E-state index is 11.0. The highest BCUT2D eigenvalue weighted by atomic mass is 35.5. The topological polar surface area (TPSA) is 52.3 Å². The number of methoxy groups -OCH3 is 1. The van der Waals surface area contributed by atoms with E-state index < -0.39 is 0 Å². The van der Waals surface area contributed by atoms with Crippen molar-refractivity contribution >= 4 is 17.6 Å². The van der Waals surface area contributed by atoms with Crippen LogP contribution in [-0.4, -0.2) is 13.1 Å². The lowest BCUT2D eigenvalue weighted by atomic mass is 9.97. The number of aryl methyl sites for hydroxylation is 2. The normalized spacial score (nSPS) is 12.3. The lowest BCUT2D eigenvalue weighted by Gasteiger charge is -2.15. The first-order valence-electron chi connectivity index (χ1n) is 6.54. The van der Waals surface area contributed by atoms with E-state index in [1.54, 1.807) is 0 Å². The van der Waals surface area contributed by atoms with Crippen LogP contribution in [0.4, 0.5) is 0 Å². The molecule has 0 radical (unpaired) electrons. The minimum Gasteiger partial charge on any atom is -0.469 e. The van der Waals surface area contributed by atoms with Crippen LogP contribution in [-0.2, 0) is 9.53 Å². The third-order valence-corrected chi connectivity index (χ3v) is 3.71. The Labute approximate surface area is 120 Å². The third-order valence-electron chi connectivity index (χ3n) is 3.39. The van der Waals surface area contributed by atoms with Gasteiger partial charge in [-0.3, -0.25) is 4.79 Å². The third kappa shape index (κ3) is 4.84. The Morgan fingerprint density at radius 3 is 2.58 bits per heavy atom. The van der Waals surface area contributed by atoms with Gasteiger partial charge in [-0.2, -0.15) is 0 Å². The van der Waals surface area contributed by atoms with Crippen LogP contribution in [0.3, 0.4) is 0 Å². The lowest BCUT2D eigenvalue weighted by Crippen LogP contribution is -2.11. The molecule has 0 saturated heterocycles. The van der Waals surface area contributed by atoms with Crippen LogP contribution >= 0.6 is 11.6 Å². The van der Waals surface area contributed by atoms with Crippen molar-refractivity contribution in [1.29, 1.82) is 0 Å². The van der Waals surface area contributed by atoms with Gasteiger partial charge in [0.15, 0.2) is 0 Å². The first-order chi connectivity index (χ1) is 8.95. The van der Waals surface area contributed by atoms with Crippen molar-refractivity contribution in [3.63, 3.8) is 0 Å². The number of esters is 1. The van der Waals surface area contributed by atoms with Crippen LogP contribution in [0.1, 0.15) is 48.4 Å². The fraction of sp³-hybridized carbons (Fsp3) is 0.533. The van der Waals surface area contributed by atoms with Gasteiger partial charge < -0.3 is 10.5 Å². The average Bonchev–Trinajstić information content (AvgIpc) is 2.38. The fourth-order valence-corrected chi connectivity index (χ4v) is 2.34. The van der Waals surface area contributed by atoms with Crippen LogP contribution in [0.5, 0.6) is 0 Å². The zero-order chi connectivity index (χ0) is 14.4. The van der Waals surface area contributed by atoms with Crippen LogP contribution in [0.2, 0.25) is 5.02 Å². The van der Waals surface area contributed by atoms with E-state index in [1.807, 2.05) is 13.0 Å². The molecule has 106 valence electrons. The predicted octanol–water partition coefficient (Wildman–Crippen LogP) is 3.69. The molecule has 1 atom stereocenters. The monoisotopic (exact) mass is 283 g/mol. The number of nitrogens with two attached hydrogens (primary N) is 1. The maximum Gasteiger partial charge on any atom is 0.305 e. The second-order valence-electron chi connectivity index (χ2n) is 4.89. The molecular weight excluding hydrogens is 262 g/mol. The van der Waals surface area contributed by atoms with Gasteiger partial charge in [0, 0.05) is 17.5 Å². The number of hydrogen-bond acceptors (Lipinski definition) is 3. The van der Waals surface area contributed by atoms with Crippen molar-refractivity contribution < 1.29 is 9.53 Å². The van der Waals surface area contributed by atoms with Crippen molar-refractivity contribution in [2.24, 2.45) is 5.73 Å². The Balaban J connectivity index is 2.52. The zero-order valence-electron chi connectivity index (χ0n) is 11.8. The maximum atomic E-state index is 11.0. The minimum atomic E-state index is -0.169. The highest BCUT2D eigenvalue weighted by Gasteiger charge is 2.12. The van der Waals surface area contributed by atoms with Crippen molar-refractivity contribution in [2.45, 2.75) is 45.6 Å². The summed E-state index contributed by atoms with van der Waals surface area (Å²) in [6.07, 6.45) is 2.95. The summed E-state index contributed by atoms with van der Waals surface area (Å²) in [6, 6.07) is 3.94. The Bertz CT molecular complexity index is 446. The van der Waals surface area contributed by atoms with Gasteiger partial charge in [-0.25, -0.2) is 0 Å². The molecule has 0 aromatic heterocycles. The van der Waals surface area contributed by atoms with Gasteiger partial charge in [0.25, 0.3) is 0 Å². The molecule has 1 aromatic rings. The van der Waals surface area contributed by atoms with E-state index in [0.717, 1.165) is 29.8 Å². The van der Waals surface area contributed by atoms with Crippen LogP contribution < -0.4 is 5.73 Å². The molecule has 19 heavy (non-hydrogen) atoms. The smallest absolute Gasteiger partial charge is 0.305 e. The van der Waals surface area contributed by atoms with Crippen molar-refractivity contribution in [3.8, 4) is 0 Å². The highest BCUT2D eigenvalue weighted by Crippen LogP contribution is 2.28. The number of hydrogen-bond donors (Lipinski definition) is 1. The molecule has 1 rings (SSSR count). The molecule has 0 aliphatic carbocycles. The SMILES string of the molecule is COC(=O)CCCCC(N)c1cc(C)c(C)cc1Cl. The molecule has 1 aromatic carbocycles. The molecule has 0 bridgehead atoms. The molecule has 2 N–H and O–H groups in total. The van der Waals surface area contributed by atoms with Gasteiger partial charge in [-0.15, -0.1) is 0 Å². The minimum absolute atomic E-state index is 0.0792. The first kappa shape index (κ1) is 16.0. The van der Waals surface area contributed by atoms with Crippen molar-refractivity contribution in [1.82, 2.24) is 0 Å². The second kappa shape index (κ2) is 7.51. The fourth-order valence-electron chi connectivity index (χ4n) is 1.98. The molecule has 4 heteroatoms. The molecule has 0 aliphatic heterocycles. The predicted molar refractivity (Wildman–Crippen MR) is 78.3 cm³/mol. The van der Waals surface area contributed by atoms with E-state index in [0.29, 0.717) is 6.42 Å². The number of carbonyl (C=O) groups is 1. The molecule has 1 unspecified atom stereocenters. The van der Waals surface area contributed by atoms with Gasteiger partial charge in [0.1, 0.15) is 0 Å². The number of carbonyl (C=O) groups excluding carboxylic acids is 1. The Kier molecular flexibility index (Phi) is 6.32. The Morgan fingerprint density at radius 2 is 1.95 bits per heavy atom. The van der Waals surface area contributed by atoms with Crippen molar-refractivity contribution in [2.75, 3.05) is 7.11 Å². The van der Waals surface area contributed by atoms with E-state index >= 15 is 0 Å². The van der Waals surface area contributed by atoms with Gasteiger partial charge in [-0.05, 0) is 49.4 Å².